The third-order valence-electron chi connectivity index (χ3n) is 3.12. The lowest BCUT2D eigenvalue weighted by atomic mass is 9.90. The van der Waals surface area contributed by atoms with Crippen LogP contribution in [0, 0.1) is 29.1 Å². The van der Waals surface area contributed by atoms with E-state index >= 15 is 0 Å². The molecule has 0 aromatic carbocycles. The fourth-order valence-corrected chi connectivity index (χ4v) is 2.12. The Bertz CT molecular complexity index is 450. The first kappa shape index (κ1) is 11.7. The lowest BCUT2D eigenvalue weighted by molar-refractivity contribution is 0.430. The molecule has 1 aromatic rings. The monoisotopic (exact) mass is 224 g/mol. The van der Waals surface area contributed by atoms with Crippen LogP contribution in [-0.2, 0) is 6.42 Å². The Hall–Kier alpha value is -1.80. The second-order valence-electron chi connectivity index (χ2n) is 4.49. The van der Waals surface area contributed by atoms with Crippen LogP contribution < -0.4 is 0 Å². The maximum absolute atomic E-state index is 8.56. The molecule has 2 heteroatoms. The van der Waals surface area contributed by atoms with Gasteiger partial charge in [-0.2, -0.15) is 5.26 Å². The molecule has 1 aliphatic rings. The van der Waals surface area contributed by atoms with Crippen LogP contribution in [0.5, 0.6) is 0 Å². The Morgan fingerprint density at radius 1 is 1.24 bits per heavy atom. The molecule has 1 aliphatic carbocycles. The van der Waals surface area contributed by atoms with Gasteiger partial charge in [0.2, 0.25) is 0 Å². The van der Waals surface area contributed by atoms with Crippen LogP contribution in [0.4, 0.5) is 0 Å². The van der Waals surface area contributed by atoms with E-state index in [1.807, 2.05) is 12.1 Å². The highest BCUT2D eigenvalue weighted by Gasteiger charge is 2.09. The first-order valence-electron chi connectivity index (χ1n) is 6.22. The molecule has 0 bridgehead atoms. The summed E-state index contributed by atoms with van der Waals surface area (Å²) in [5.41, 5.74) is 1.77. The number of nitriles is 1. The standard InChI is InChI=1S/C15H16N2/c16-11-10-14-7-9-15(17-12-14)8-6-13-4-2-1-3-5-13/h7,9,12-13H,1-5,10H2. The molecule has 0 aliphatic heterocycles. The minimum absolute atomic E-state index is 0.420. The summed E-state index contributed by atoms with van der Waals surface area (Å²) < 4.78 is 0. The summed E-state index contributed by atoms with van der Waals surface area (Å²) in [4.78, 5) is 4.26. The summed E-state index contributed by atoms with van der Waals surface area (Å²) in [6.07, 6.45) is 8.62. The van der Waals surface area contributed by atoms with Crippen molar-refractivity contribution in [2.45, 2.75) is 38.5 Å². The fraction of sp³-hybridized carbons (Fsp3) is 0.467. The first-order chi connectivity index (χ1) is 8.38. The second-order valence-corrected chi connectivity index (χ2v) is 4.49. The van der Waals surface area contributed by atoms with Crippen molar-refractivity contribution >= 4 is 0 Å². The summed E-state index contributed by atoms with van der Waals surface area (Å²) in [7, 11) is 0. The quantitative estimate of drug-likeness (QED) is 0.687. The van der Waals surface area contributed by atoms with Crippen LogP contribution in [-0.4, -0.2) is 4.98 Å². The molecule has 0 saturated heterocycles. The van der Waals surface area contributed by atoms with Gasteiger partial charge in [0, 0.05) is 12.1 Å². The highest BCUT2D eigenvalue weighted by atomic mass is 14.7. The van der Waals surface area contributed by atoms with Crippen molar-refractivity contribution in [3.05, 3.63) is 29.6 Å². The van der Waals surface area contributed by atoms with Crippen molar-refractivity contribution < 1.29 is 0 Å². The average Bonchev–Trinajstić information content (AvgIpc) is 2.40. The number of nitrogens with zero attached hydrogens (tertiary/aromatic N) is 2. The van der Waals surface area contributed by atoms with Gasteiger partial charge in [-0.15, -0.1) is 0 Å². The van der Waals surface area contributed by atoms with Gasteiger partial charge in [-0.25, -0.2) is 4.98 Å². The van der Waals surface area contributed by atoms with Gasteiger partial charge in [-0.05, 0) is 30.4 Å². The third kappa shape index (κ3) is 3.61. The number of rotatable bonds is 1. The molecule has 17 heavy (non-hydrogen) atoms. The number of hydrogen-bond acceptors (Lipinski definition) is 2. The topological polar surface area (TPSA) is 36.7 Å². The highest BCUT2D eigenvalue weighted by Crippen LogP contribution is 2.22. The predicted octanol–water partition coefficient (Wildman–Crippen LogP) is 3.08. The van der Waals surface area contributed by atoms with E-state index < -0.39 is 0 Å². The van der Waals surface area contributed by atoms with E-state index in [-0.39, 0.29) is 0 Å². The average molecular weight is 224 g/mol. The summed E-state index contributed by atoms with van der Waals surface area (Å²) >= 11 is 0. The summed E-state index contributed by atoms with van der Waals surface area (Å²) in [6, 6.07) is 5.95. The Morgan fingerprint density at radius 2 is 2.06 bits per heavy atom. The largest absolute Gasteiger partial charge is 0.247 e. The van der Waals surface area contributed by atoms with Crippen LogP contribution in [0.3, 0.4) is 0 Å². The molecule has 86 valence electrons. The maximum atomic E-state index is 8.56. The lowest BCUT2D eigenvalue weighted by Crippen LogP contribution is -2.03. The van der Waals surface area contributed by atoms with E-state index in [2.05, 4.69) is 22.9 Å². The fourth-order valence-electron chi connectivity index (χ4n) is 2.12. The molecule has 1 saturated carbocycles. The first-order valence-corrected chi connectivity index (χ1v) is 6.22. The molecule has 0 unspecified atom stereocenters. The minimum Gasteiger partial charge on any atom is -0.247 e. The van der Waals surface area contributed by atoms with E-state index in [0.29, 0.717) is 12.3 Å². The lowest BCUT2D eigenvalue weighted by Gasteiger charge is -2.15. The normalized spacial score (nSPS) is 15.7. The van der Waals surface area contributed by atoms with Crippen molar-refractivity contribution in [1.82, 2.24) is 4.98 Å². The Balaban J connectivity index is 1.98. The van der Waals surface area contributed by atoms with Gasteiger partial charge in [0.05, 0.1) is 12.5 Å². The number of pyridine rings is 1. The van der Waals surface area contributed by atoms with Gasteiger partial charge in [0.15, 0.2) is 0 Å². The minimum atomic E-state index is 0.420. The summed E-state index contributed by atoms with van der Waals surface area (Å²) in [6.45, 7) is 0. The van der Waals surface area contributed by atoms with Crippen molar-refractivity contribution in [2.75, 3.05) is 0 Å². The van der Waals surface area contributed by atoms with Gasteiger partial charge < -0.3 is 0 Å². The molecule has 0 spiro atoms. The molecule has 0 N–H and O–H groups in total. The molecule has 1 aromatic heterocycles. The molecular weight excluding hydrogens is 208 g/mol. The third-order valence-corrected chi connectivity index (χ3v) is 3.12. The molecule has 2 nitrogen and oxygen atoms in total. The van der Waals surface area contributed by atoms with Crippen molar-refractivity contribution in [1.29, 1.82) is 5.26 Å². The Labute approximate surface area is 103 Å². The maximum Gasteiger partial charge on any atom is 0.113 e. The summed E-state index contributed by atoms with van der Waals surface area (Å²) in [5, 5.41) is 8.56. The molecule has 0 radical (unpaired) electrons. The van der Waals surface area contributed by atoms with E-state index in [4.69, 9.17) is 5.26 Å². The Kier molecular flexibility index (Phi) is 4.17. The van der Waals surface area contributed by atoms with E-state index in [1.165, 1.54) is 32.1 Å². The predicted molar refractivity (Wildman–Crippen MR) is 67.0 cm³/mol. The van der Waals surface area contributed by atoms with E-state index in [9.17, 15) is 0 Å². The van der Waals surface area contributed by atoms with Crippen molar-refractivity contribution in [3.63, 3.8) is 0 Å². The summed E-state index contributed by atoms with van der Waals surface area (Å²) in [5.74, 6) is 7.01. The number of aromatic nitrogens is 1. The molecule has 1 heterocycles. The van der Waals surface area contributed by atoms with Crippen LogP contribution >= 0.6 is 0 Å². The van der Waals surface area contributed by atoms with Crippen molar-refractivity contribution in [2.24, 2.45) is 5.92 Å². The zero-order valence-corrected chi connectivity index (χ0v) is 9.95. The molecule has 0 amide bonds. The van der Waals surface area contributed by atoms with Gasteiger partial charge in [0.1, 0.15) is 5.69 Å². The van der Waals surface area contributed by atoms with E-state index in [1.54, 1.807) is 6.20 Å². The molecule has 0 atom stereocenters. The molecular formula is C15H16N2. The van der Waals surface area contributed by atoms with Gasteiger partial charge >= 0.3 is 0 Å². The zero-order valence-electron chi connectivity index (χ0n) is 9.95. The Morgan fingerprint density at radius 3 is 2.71 bits per heavy atom. The second kappa shape index (κ2) is 6.06. The highest BCUT2D eigenvalue weighted by molar-refractivity contribution is 5.30. The van der Waals surface area contributed by atoms with Gasteiger partial charge in [0.25, 0.3) is 0 Å². The van der Waals surface area contributed by atoms with E-state index in [0.717, 1.165) is 11.3 Å². The SMILES string of the molecule is N#CCc1ccc(C#CC2CCCCC2)nc1. The van der Waals surface area contributed by atoms with Crippen LogP contribution in [0.15, 0.2) is 18.3 Å². The van der Waals surface area contributed by atoms with Crippen molar-refractivity contribution in [3.8, 4) is 17.9 Å². The van der Waals surface area contributed by atoms with Crippen LogP contribution in [0.25, 0.3) is 0 Å². The van der Waals surface area contributed by atoms with Crippen LogP contribution in [0.1, 0.15) is 43.4 Å². The smallest absolute Gasteiger partial charge is 0.113 e. The number of hydrogen-bond donors (Lipinski definition) is 0. The van der Waals surface area contributed by atoms with Gasteiger partial charge in [-0.3, -0.25) is 0 Å². The zero-order chi connectivity index (χ0) is 11.9. The van der Waals surface area contributed by atoms with Gasteiger partial charge in [-0.1, -0.05) is 31.2 Å². The van der Waals surface area contributed by atoms with Crippen LogP contribution in [0.2, 0.25) is 0 Å². The molecule has 2 rings (SSSR count). The molecule has 1 fully saturated rings.